The van der Waals surface area contributed by atoms with E-state index >= 15 is 0 Å². The summed E-state index contributed by atoms with van der Waals surface area (Å²) in [6, 6.07) is 0. The molecule has 0 fully saturated rings. The lowest BCUT2D eigenvalue weighted by Gasteiger charge is -2.05. The van der Waals surface area contributed by atoms with Crippen LogP contribution in [0.1, 0.15) is 12.7 Å². The number of rotatable bonds is 4. The lowest BCUT2D eigenvalue weighted by atomic mass is 10.4. The van der Waals surface area contributed by atoms with E-state index in [9.17, 15) is 4.79 Å². The summed E-state index contributed by atoms with van der Waals surface area (Å²) >= 11 is 0. The molecular formula is C10H13N3O. The normalized spacial score (nSPS) is 9.43. The molecule has 0 aliphatic heterocycles. The number of aromatic nitrogens is 2. The molecule has 0 bridgehead atoms. The van der Waals surface area contributed by atoms with Crippen molar-refractivity contribution >= 4 is 5.91 Å². The van der Waals surface area contributed by atoms with Gasteiger partial charge in [-0.15, -0.1) is 6.42 Å². The Bertz CT molecular complexity index is 348. The van der Waals surface area contributed by atoms with Crippen molar-refractivity contribution < 1.29 is 4.79 Å². The molecule has 0 atom stereocenters. The molecular weight excluding hydrogens is 178 g/mol. The molecule has 0 aliphatic carbocycles. The van der Waals surface area contributed by atoms with E-state index in [0.29, 0.717) is 0 Å². The SMILES string of the molecule is C#CCNC(=O)Cn1ccnc1CC. The molecule has 1 aromatic rings. The van der Waals surface area contributed by atoms with Crippen LogP contribution in [0, 0.1) is 12.3 Å². The minimum Gasteiger partial charge on any atom is -0.344 e. The summed E-state index contributed by atoms with van der Waals surface area (Å²) in [5.74, 6) is 3.17. The van der Waals surface area contributed by atoms with Crippen LogP contribution in [-0.2, 0) is 17.8 Å². The van der Waals surface area contributed by atoms with Crippen molar-refractivity contribution in [3.05, 3.63) is 18.2 Å². The molecule has 0 saturated carbocycles. The first-order valence-corrected chi connectivity index (χ1v) is 4.48. The molecule has 1 heterocycles. The van der Waals surface area contributed by atoms with Gasteiger partial charge in [0.25, 0.3) is 0 Å². The lowest BCUT2D eigenvalue weighted by molar-refractivity contribution is -0.121. The zero-order valence-corrected chi connectivity index (χ0v) is 8.16. The Morgan fingerprint density at radius 3 is 3.21 bits per heavy atom. The van der Waals surface area contributed by atoms with E-state index in [2.05, 4.69) is 16.2 Å². The van der Waals surface area contributed by atoms with Gasteiger partial charge in [-0.3, -0.25) is 4.79 Å². The van der Waals surface area contributed by atoms with Crippen LogP contribution in [0.4, 0.5) is 0 Å². The van der Waals surface area contributed by atoms with Gasteiger partial charge < -0.3 is 9.88 Å². The van der Waals surface area contributed by atoms with E-state index in [1.165, 1.54) is 0 Å². The Kier molecular flexibility index (Phi) is 3.74. The van der Waals surface area contributed by atoms with Crippen LogP contribution in [0.25, 0.3) is 0 Å². The third-order valence-electron chi connectivity index (χ3n) is 1.82. The van der Waals surface area contributed by atoms with E-state index in [-0.39, 0.29) is 19.0 Å². The summed E-state index contributed by atoms with van der Waals surface area (Å²) in [7, 11) is 0. The van der Waals surface area contributed by atoms with Gasteiger partial charge in [0.05, 0.1) is 6.54 Å². The molecule has 1 aromatic heterocycles. The number of carbonyl (C=O) groups is 1. The van der Waals surface area contributed by atoms with E-state index in [1.54, 1.807) is 12.4 Å². The fourth-order valence-electron chi connectivity index (χ4n) is 1.16. The highest BCUT2D eigenvalue weighted by Gasteiger charge is 2.04. The number of nitrogens with one attached hydrogen (secondary N) is 1. The van der Waals surface area contributed by atoms with E-state index in [4.69, 9.17) is 6.42 Å². The van der Waals surface area contributed by atoms with Gasteiger partial charge in [0.15, 0.2) is 0 Å². The quantitative estimate of drug-likeness (QED) is 0.691. The average molecular weight is 191 g/mol. The van der Waals surface area contributed by atoms with Crippen molar-refractivity contribution in [3.63, 3.8) is 0 Å². The van der Waals surface area contributed by atoms with Crippen LogP contribution in [0.2, 0.25) is 0 Å². The second-order valence-electron chi connectivity index (χ2n) is 2.81. The summed E-state index contributed by atoms with van der Waals surface area (Å²) in [6.07, 6.45) is 9.31. The standard InChI is InChI=1S/C10H13N3O/c1-3-5-12-10(14)8-13-7-6-11-9(13)4-2/h1,6-7H,4-5,8H2,2H3,(H,12,14). The average Bonchev–Trinajstić information content (AvgIpc) is 2.62. The van der Waals surface area contributed by atoms with Crippen molar-refractivity contribution in [1.29, 1.82) is 0 Å². The Morgan fingerprint density at radius 2 is 2.57 bits per heavy atom. The van der Waals surface area contributed by atoms with Gasteiger partial charge >= 0.3 is 0 Å². The van der Waals surface area contributed by atoms with Crippen molar-refractivity contribution in [2.75, 3.05) is 6.54 Å². The highest BCUT2D eigenvalue weighted by molar-refractivity contribution is 5.76. The summed E-state index contributed by atoms with van der Waals surface area (Å²) in [5.41, 5.74) is 0. The largest absolute Gasteiger partial charge is 0.344 e. The highest BCUT2D eigenvalue weighted by atomic mass is 16.1. The molecule has 0 unspecified atom stereocenters. The molecule has 0 aliphatic rings. The monoisotopic (exact) mass is 191 g/mol. The van der Waals surface area contributed by atoms with Crippen LogP contribution < -0.4 is 5.32 Å². The molecule has 14 heavy (non-hydrogen) atoms. The molecule has 0 aromatic carbocycles. The van der Waals surface area contributed by atoms with E-state index < -0.39 is 0 Å². The number of hydrogen-bond acceptors (Lipinski definition) is 2. The number of nitrogens with zero attached hydrogens (tertiary/aromatic N) is 2. The van der Waals surface area contributed by atoms with Gasteiger partial charge in [0, 0.05) is 18.8 Å². The third-order valence-corrected chi connectivity index (χ3v) is 1.82. The molecule has 1 N–H and O–H groups in total. The molecule has 4 heteroatoms. The summed E-state index contributed by atoms with van der Waals surface area (Å²) in [6.45, 7) is 2.55. The van der Waals surface area contributed by atoms with Crippen molar-refractivity contribution in [3.8, 4) is 12.3 Å². The van der Waals surface area contributed by atoms with Gasteiger partial charge in [0.2, 0.25) is 5.91 Å². The van der Waals surface area contributed by atoms with E-state index in [0.717, 1.165) is 12.2 Å². The first kappa shape index (κ1) is 10.3. The smallest absolute Gasteiger partial charge is 0.240 e. The zero-order chi connectivity index (χ0) is 10.4. The van der Waals surface area contributed by atoms with Gasteiger partial charge in [-0.05, 0) is 0 Å². The van der Waals surface area contributed by atoms with Gasteiger partial charge in [0.1, 0.15) is 12.4 Å². The lowest BCUT2D eigenvalue weighted by Crippen LogP contribution is -2.28. The maximum atomic E-state index is 11.3. The molecule has 0 radical (unpaired) electrons. The second kappa shape index (κ2) is 5.07. The van der Waals surface area contributed by atoms with E-state index in [1.807, 2.05) is 11.5 Å². The highest BCUT2D eigenvalue weighted by Crippen LogP contribution is 1.97. The molecule has 0 saturated heterocycles. The predicted octanol–water partition coefficient (Wildman–Crippen LogP) is 0.195. The third kappa shape index (κ3) is 2.63. The van der Waals surface area contributed by atoms with Gasteiger partial charge in [-0.2, -0.15) is 0 Å². The maximum absolute atomic E-state index is 11.3. The van der Waals surface area contributed by atoms with Gasteiger partial charge in [-0.25, -0.2) is 4.98 Å². The van der Waals surface area contributed by atoms with Gasteiger partial charge in [-0.1, -0.05) is 12.8 Å². The zero-order valence-electron chi connectivity index (χ0n) is 8.16. The first-order chi connectivity index (χ1) is 6.77. The predicted molar refractivity (Wildman–Crippen MR) is 53.4 cm³/mol. The Morgan fingerprint density at radius 1 is 1.79 bits per heavy atom. The number of terminal acetylenes is 1. The number of imidazole rings is 1. The number of amides is 1. The maximum Gasteiger partial charge on any atom is 0.240 e. The van der Waals surface area contributed by atoms with Crippen LogP contribution >= 0.6 is 0 Å². The molecule has 4 nitrogen and oxygen atoms in total. The van der Waals surface area contributed by atoms with Crippen LogP contribution in [0.3, 0.4) is 0 Å². The summed E-state index contributed by atoms with van der Waals surface area (Å²) in [4.78, 5) is 15.4. The minimum absolute atomic E-state index is 0.0874. The fraction of sp³-hybridized carbons (Fsp3) is 0.400. The van der Waals surface area contributed by atoms with Crippen molar-refractivity contribution in [2.45, 2.75) is 19.9 Å². The Labute approximate surface area is 83.3 Å². The molecule has 74 valence electrons. The fourth-order valence-corrected chi connectivity index (χ4v) is 1.16. The molecule has 0 spiro atoms. The molecule has 1 amide bonds. The summed E-state index contributed by atoms with van der Waals surface area (Å²) in [5, 5.41) is 2.60. The van der Waals surface area contributed by atoms with Crippen LogP contribution in [0.15, 0.2) is 12.4 Å². The number of hydrogen-bond donors (Lipinski definition) is 1. The number of aryl methyl sites for hydroxylation is 1. The second-order valence-corrected chi connectivity index (χ2v) is 2.81. The summed E-state index contributed by atoms with van der Waals surface area (Å²) < 4.78 is 1.81. The topological polar surface area (TPSA) is 46.9 Å². The van der Waals surface area contributed by atoms with Crippen molar-refractivity contribution in [2.24, 2.45) is 0 Å². The first-order valence-electron chi connectivity index (χ1n) is 4.48. The number of carbonyl (C=O) groups excluding carboxylic acids is 1. The van der Waals surface area contributed by atoms with Crippen molar-refractivity contribution in [1.82, 2.24) is 14.9 Å². The van der Waals surface area contributed by atoms with Crippen LogP contribution in [-0.4, -0.2) is 22.0 Å². The Hall–Kier alpha value is -1.76. The minimum atomic E-state index is -0.0874. The van der Waals surface area contributed by atoms with Crippen LogP contribution in [0.5, 0.6) is 0 Å². The molecule has 1 rings (SSSR count). The Balaban J connectivity index is 2.52.